The molecule has 2 aromatic rings. The van der Waals surface area contributed by atoms with Crippen LogP contribution in [0.3, 0.4) is 0 Å². The van der Waals surface area contributed by atoms with E-state index in [1.165, 1.54) is 6.07 Å². The van der Waals surface area contributed by atoms with Gasteiger partial charge in [-0.25, -0.2) is 14.2 Å². The average molecular weight is 312 g/mol. The number of carboxylic acid groups (broad SMARTS) is 1. The van der Waals surface area contributed by atoms with E-state index >= 15 is 0 Å². The molecule has 0 bridgehead atoms. The van der Waals surface area contributed by atoms with Crippen LogP contribution in [0.5, 0.6) is 5.75 Å². The molecule has 7 nitrogen and oxygen atoms in total. The molecule has 0 radical (unpaired) electrons. The summed E-state index contributed by atoms with van der Waals surface area (Å²) < 4.78 is 39.1. The first-order chi connectivity index (χ1) is 9.79. The van der Waals surface area contributed by atoms with Crippen molar-refractivity contribution in [3.8, 4) is 5.75 Å². The van der Waals surface area contributed by atoms with Gasteiger partial charge in [0.05, 0.1) is 11.3 Å². The van der Waals surface area contributed by atoms with Gasteiger partial charge in [0, 0.05) is 12.3 Å². The molecule has 0 saturated carbocycles. The first-order valence-electron chi connectivity index (χ1n) is 5.50. The van der Waals surface area contributed by atoms with Crippen LogP contribution in [-0.4, -0.2) is 29.6 Å². The number of phenolic OH excluding ortho intramolecular Hbond substituents is 1. The fourth-order valence-corrected chi connectivity index (χ4v) is 2.42. The zero-order valence-corrected chi connectivity index (χ0v) is 11.1. The van der Waals surface area contributed by atoms with E-state index in [-0.39, 0.29) is 11.3 Å². The van der Waals surface area contributed by atoms with Crippen molar-refractivity contribution in [2.45, 2.75) is 5.03 Å². The third kappa shape index (κ3) is 3.26. The van der Waals surface area contributed by atoms with Crippen molar-refractivity contribution < 1.29 is 27.8 Å². The molecule has 0 aliphatic carbocycles. The van der Waals surface area contributed by atoms with Crippen molar-refractivity contribution in [2.24, 2.45) is 0 Å². The Morgan fingerprint density at radius 3 is 2.48 bits per heavy atom. The number of nitrogens with zero attached hydrogens (tertiary/aromatic N) is 1. The lowest BCUT2D eigenvalue weighted by molar-refractivity contribution is 0.0696. The maximum atomic E-state index is 13.1. The Labute approximate surface area is 118 Å². The molecule has 0 aliphatic rings. The van der Waals surface area contributed by atoms with Crippen molar-refractivity contribution in [3.05, 3.63) is 47.9 Å². The van der Waals surface area contributed by atoms with E-state index in [4.69, 9.17) is 10.2 Å². The van der Waals surface area contributed by atoms with E-state index in [1.807, 2.05) is 0 Å². The van der Waals surface area contributed by atoms with Gasteiger partial charge in [0.1, 0.15) is 0 Å². The van der Waals surface area contributed by atoms with E-state index in [1.54, 1.807) is 0 Å². The van der Waals surface area contributed by atoms with Gasteiger partial charge in [-0.1, -0.05) is 0 Å². The normalized spacial score (nSPS) is 11.1. The van der Waals surface area contributed by atoms with Crippen LogP contribution in [0.4, 0.5) is 10.1 Å². The zero-order valence-electron chi connectivity index (χ0n) is 10.3. The highest BCUT2D eigenvalue weighted by molar-refractivity contribution is 7.92. The van der Waals surface area contributed by atoms with Crippen LogP contribution in [0.2, 0.25) is 0 Å². The number of halogens is 1. The zero-order chi connectivity index (χ0) is 15.6. The van der Waals surface area contributed by atoms with Crippen LogP contribution < -0.4 is 4.72 Å². The number of nitrogens with one attached hydrogen (secondary N) is 1. The fourth-order valence-electron chi connectivity index (χ4n) is 1.44. The topological polar surface area (TPSA) is 117 Å². The lowest BCUT2D eigenvalue weighted by atomic mass is 10.3. The van der Waals surface area contributed by atoms with Crippen molar-refractivity contribution >= 4 is 21.7 Å². The van der Waals surface area contributed by atoms with Gasteiger partial charge in [0.2, 0.25) is 0 Å². The maximum Gasteiger partial charge on any atom is 0.337 e. The van der Waals surface area contributed by atoms with E-state index in [0.29, 0.717) is 0 Å². The Balaban J connectivity index is 2.29. The predicted molar refractivity (Wildman–Crippen MR) is 70.1 cm³/mol. The van der Waals surface area contributed by atoms with Crippen LogP contribution in [0.25, 0.3) is 0 Å². The van der Waals surface area contributed by atoms with Crippen molar-refractivity contribution in [1.82, 2.24) is 4.98 Å². The molecule has 21 heavy (non-hydrogen) atoms. The number of carbonyl (C=O) groups is 1. The van der Waals surface area contributed by atoms with E-state index in [2.05, 4.69) is 9.71 Å². The molecule has 3 N–H and O–H groups in total. The molecule has 0 saturated heterocycles. The Morgan fingerprint density at radius 2 is 1.95 bits per heavy atom. The summed E-state index contributed by atoms with van der Waals surface area (Å²) in [5, 5.41) is 17.3. The van der Waals surface area contributed by atoms with Crippen molar-refractivity contribution in [1.29, 1.82) is 0 Å². The van der Waals surface area contributed by atoms with E-state index in [9.17, 15) is 17.6 Å². The highest BCUT2D eigenvalue weighted by atomic mass is 32.2. The number of benzene rings is 1. The molecule has 1 aromatic carbocycles. The monoisotopic (exact) mass is 312 g/mol. The molecular formula is C12H9FN2O5S. The molecule has 0 atom stereocenters. The number of sulfonamides is 1. The molecule has 0 unspecified atom stereocenters. The number of aromatic carboxylic acids is 1. The third-order valence-electron chi connectivity index (χ3n) is 2.46. The molecule has 110 valence electrons. The Kier molecular flexibility index (Phi) is 3.76. The molecule has 0 spiro atoms. The van der Waals surface area contributed by atoms with Gasteiger partial charge in [-0.2, -0.15) is 8.42 Å². The smallest absolute Gasteiger partial charge is 0.337 e. The predicted octanol–water partition coefficient (Wildman–Crippen LogP) is 1.43. The third-order valence-corrected chi connectivity index (χ3v) is 3.76. The number of pyridine rings is 1. The van der Waals surface area contributed by atoms with E-state index < -0.39 is 32.6 Å². The number of rotatable bonds is 4. The van der Waals surface area contributed by atoms with Crippen LogP contribution in [0.1, 0.15) is 10.4 Å². The minimum Gasteiger partial charge on any atom is -0.505 e. The Bertz CT molecular complexity index is 790. The van der Waals surface area contributed by atoms with Gasteiger partial charge in [-0.05, 0) is 24.3 Å². The summed E-state index contributed by atoms with van der Waals surface area (Å²) in [6, 6.07) is 5.07. The summed E-state index contributed by atoms with van der Waals surface area (Å²) in [5.41, 5.74) is -0.265. The molecule has 0 aliphatic heterocycles. The minimum absolute atomic E-state index is 0.102. The first kappa shape index (κ1) is 14.7. The van der Waals surface area contributed by atoms with Crippen LogP contribution in [-0.2, 0) is 10.0 Å². The number of phenols is 1. The summed E-state index contributed by atoms with van der Waals surface area (Å²) in [6.07, 6.45) is 0.897. The summed E-state index contributed by atoms with van der Waals surface area (Å²) in [7, 11) is -4.09. The molecule has 1 heterocycles. The Morgan fingerprint density at radius 1 is 1.24 bits per heavy atom. The average Bonchev–Trinajstić information content (AvgIpc) is 2.43. The molecule has 0 fully saturated rings. The quantitative estimate of drug-likeness (QED) is 0.735. The maximum absolute atomic E-state index is 13.1. The molecule has 9 heteroatoms. The SMILES string of the molecule is O=C(O)c1ccc(S(=O)(=O)Nc2ccc(O)c(F)c2)nc1. The van der Waals surface area contributed by atoms with Crippen LogP contribution in [0, 0.1) is 5.82 Å². The first-order valence-corrected chi connectivity index (χ1v) is 6.98. The minimum atomic E-state index is -4.09. The second-order valence-electron chi connectivity index (χ2n) is 3.96. The molecule has 2 rings (SSSR count). The standard InChI is InChI=1S/C12H9FN2O5S/c13-9-5-8(2-3-10(9)16)15-21(19,20)11-4-1-7(6-14-11)12(17)18/h1-6,15-16H,(H,17,18). The van der Waals surface area contributed by atoms with Gasteiger partial charge >= 0.3 is 5.97 Å². The largest absolute Gasteiger partial charge is 0.505 e. The van der Waals surface area contributed by atoms with Gasteiger partial charge < -0.3 is 10.2 Å². The second-order valence-corrected chi connectivity index (χ2v) is 5.59. The molecule has 0 amide bonds. The second kappa shape index (κ2) is 5.37. The number of carboxylic acids is 1. The number of hydrogen-bond acceptors (Lipinski definition) is 5. The number of hydrogen-bond donors (Lipinski definition) is 3. The Hall–Kier alpha value is -2.68. The van der Waals surface area contributed by atoms with Gasteiger partial charge in [-0.15, -0.1) is 0 Å². The van der Waals surface area contributed by atoms with Gasteiger partial charge in [0.25, 0.3) is 10.0 Å². The number of aromatic nitrogens is 1. The summed E-state index contributed by atoms with van der Waals surface area (Å²) >= 11 is 0. The van der Waals surface area contributed by atoms with Crippen LogP contribution >= 0.6 is 0 Å². The number of anilines is 1. The highest BCUT2D eigenvalue weighted by Crippen LogP contribution is 2.21. The van der Waals surface area contributed by atoms with Crippen molar-refractivity contribution in [3.63, 3.8) is 0 Å². The summed E-state index contributed by atoms with van der Waals surface area (Å²) in [5.74, 6) is -2.83. The van der Waals surface area contributed by atoms with Gasteiger partial charge in [0.15, 0.2) is 16.6 Å². The van der Waals surface area contributed by atoms with Crippen LogP contribution in [0.15, 0.2) is 41.6 Å². The highest BCUT2D eigenvalue weighted by Gasteiger charge is 2.17. The summed E-state index contributed by atoms with van der Waals surface area (Å²) in [4.78, 5) is 14.2. The lowest BCUT2D eigenvalue weighted by Gasteiger charge is -2.08. The lowest BCUT2D eigenvalue weighted by Crippen LogP contribution is -2.15. The molecule has 1 aromatic heterocycles. The summed E-state index contributed by atoms with van der Waals surface area (Å²) in [6.45, 7) is 0. The fraction of sp³-hybridized carbons (Fsp3) is 0. The van der Waals surface area contributed by atoms with E-state index in [0.717, 1.165) is 30.5 Å². The molecular weight excluding hydrogens is 303 g/mol. The van der Waals surface area contributed by atoms with Crippen molar-refractivity contribution in [2.75, 3.05) is 4.72 Å². The number of aromatic hydroxyl groups is 1. The van der Waals surface area contributed by atoms with Gasteiger partial charge in [-0.3, -0.25) is 4.72 Å².